The Hall–Kier alpha value is -2.19. The maximum Gasteiger partial charge on any atom is 0.227 e. The first-order valence-corrected chi connectivity index (χ1v) is 11.1. The Morgan fingerprint density at radius 3 is 2.80 bits per heavy atom. The third-order valence-electron chi connectivity index (χ3n) is 5.56. The molecule has 2 saturated heterocycles. The molecular weight excluding hydrogens is 382 g/mol. The van der Waals surface area contributed by atoms with Crippen LogP contribution in [0.1, 0.15) is 44.1 Å². The van der Waals surface area contributed by atoms with E-state index in [0.29, 0.717) is 25.4 Å². The molecule has 1 unspecified atom stereocenters. The van der Waals surface area contributed by atoms with Gasteiger partial charge in [-0.15, -0.1) is 0 Å². The van der Waals surface area contributed by atoms with Crippen LogP contribution in [0.15, 0.2) is 23.3 Å². The SMILES string of the molecule is CN=C(NCCC(=O)Nc1ccc(C)cn1)N1CCC(OCC2CCCCO2)CC1. The third kappa shape index (κ3) is 7.25. The first-order chi connectivity index (χ1) is 14.6. The molecule has 0 spiro atoms. The second kappa shape index (κ2) is 11.9. The zero-order chi connectivity index (χ0) is 21.2. The van der Waals surface area contributed by atoms with Crippen molar-refractivity contribution in [1.82, 2.24) is 15.2 Å². The number of amides is 1. The van der Waals surface area contributed by atoms with Gasteiger partial charge in [-0.3, -0.25) is 9.79 Å². The molecule has 2 aliphatic heterocycles. The standard InChI is InChI=1S/C22H35N5O3/c1-17-6-7-20(25-15-17)26-21(28)8-11-24-22(23-2)27-12-9-18(10-13-27)30-16-19-5-3-4-14-29-19/h6-7,15,18-19H,3-5,8-14,16H2,1-2H3,(H,23,24)(H,25,26,28). The zero-order valence-corrected chi connectivity index (χ0v) is 18.2. The Bertz CT molecular complexity index is 681. The number of aromatic nitrogens is 1. The van der Waals surface area contributed by atoms with E-state index >= 15 is 0 Å². The number of carbonyl (C=O) groups excluding carboxylic acids is 1. The van der Waals surface area contributed by atoms with Crippen molar-refractivity contribution in [3.8, 4) is 0 Å². The number of pyridine rings is 1. The van der Waals surface area contributed by atoms with E-state index in [4.69, 9.17) is 9.47 Å². The van der Waals surface area contributed by atoms with Crippen molar-refractivity contribution in [1.29, 1.82) is 0 Å². The Kier molecular flexibility index (Phi) is 8.89. The zero-order valence-electron chi connectivity index (χ0n) is 18.2. The van der Waals surface area contributed by atoms with Crippen molar-refractivity contribution in [3.05, 3.63) is 23.9 Å². The van der Waals surface area contributed by atoms with Crippen LogP contribution in [0, 0.1) is 6.92 Å². The maximum absolute atomic E-state index is 12.1. The minimum Gasteiger partial charge on any atom is -0.376 e. The van der Waals surface area contributed by atoms with E-state index in [1.54, 1.807) is 13.2 Å². The molecule has 30 heavy (non-hydrogen) atoms. The van der Waals surface area contributed by atoms with E-state index in [0.717, 1.165) is 50.5 Å². The highest BCUT2D eigenvalue weighted by molar-refractivity contribution is 5.90. The number of nitrogens with one attached hydrogen (secondary N) is 2. The molecule has 2 aliphatic rings. The van der Waals surface area contributed by atoms with Gasteiger partial charge in [0, 0.05) is 45.9 Å². The predicted octanol–water partition coefficient (Wildman–Crippen LogP) is 2.34. The summed E-state index contributed by atoms with van der Waals surface area (Å²) in [5.41, 5.74) is 1.06. The van der Waals surface area contributed by atoms with Crippen LogP contribution in [0.25, 0.3) is 0 Å². The monoisotopic (exact) mass is 417 g/mol. The van der Waals surface area contributed by atoms with Gasteiger partial charge in [-0.25, -0.2) is 4.98 Å². The van der Waals surface area contributed by atoms with E-state index in [1.807, 2.05) is 19.1 Å². The first kappa shape index (κ1) is 22.5. The van der Waals surface area contributed by atoms with Gasteiger partial charge in [-0.1, -0.05) is 6.07 Å². The van der Waals surface area contributed by atoms with Gasteiger partial charge in [0.05, 0.1) is 18.8 Å². The summed E-state index contributed by atoms with van der Waals surface area (Å²) < 4.78 is 11.8. The Balaban J connectivity index is 1.32. The summed E-state index contributed by atoms with van der Waals surface area (Å²) in [6.45, 7) is 5.87. The number of anilines is 1. The minimum atomic E-state index is -0.0636. The molecule has 3 heterocycles. The van der Waals surface area contributed by atoms with Gasteiger partial charge < -0.3 is 25.0 Å². The fourth-order valence-electron chi connectivity index (χ4n) is 3.78. The van der Waals surface area contributed by atoms with Crippen molar-refractivity contribution in [2.24, 2.45) is 4.99 Å². The molecule has 1 amide bonds. The lowest BCUT2D eigenvalue weighted by Crippen LogP contribution is -2.47. The van der Waals surface area contributed by atoms with Crippen molar-refractivity contribution >= 4 is 17.7 Å². The molecule has 8 heteroatoms. The Morgan fingerprint density at radius 2 is 2.13 bits per heavy atom. The molecule has 0 radical (unpaired) electrons. The summed E-state index contributed by atoms with van der Waals surface area (Å²) >= 11 is 0. The van der Waals surface area contributed by atoms with Crippen LogP contribution in [0.2, 0.25) is 0 Å². The lowest BCUT2D eigenvalue weighted by molar-refractivity contribution is -0.116. The maximum atomic E-state index is 12.1. The first-order valence-electron chi connectivity index (χ1n) is 11.1. The molecule has 0 bridgehead atoms. The number of ether oxygens (including phenoxy) is 2. The van der Waals surface area contributed by atoms with Crippen molar-refractivity contribution < 1.29 is 14.3 Å². The van der Waals surface area contributed by atoms with Gasteiger partial charge in [-0.2, -0.15) is 0 Å². The number of hydrogen-bond donors (Lipinski definition) is 2. The van der Waals surface area contributed by atoms with E-state index in [-0.39, 0.29) is 18.1 Å². The highest BCUT2D eigenvalue weighted by atomic mass is 16.5. The average molecular weight is 418 g/mol. The van der Waals surface area contributed by atoms with Gasteiger partial charge in [0.25, 0.3) is 0 Å². The highest BCUT2D eigenvalue weighted by Crippen LogP contribution is 2.18. The quantitative estimate of drug-likeness (QED) is 0.523. The summed E-state index contributed by atoms with van der Waals surface area (Å²) in [5.74, 6) is 1.35. The fourth-order valence-corrected chi connectivity index (χ4v) is 3.78. The van der Waals surface area contributed by atoms with E-state index in [9.17, 15) is 4.79 Å². The van der Waals surface area contributed by atoms with Crippen LogP contribution in [-0.4, -0.2) is 73.9 Å². The molecule has 8 nitrogen and oxygen atoms in total. The van der Waals surface area contributed by atoms with Crippen LogP contribution in [0.4, 0.5) is 5.82 Å². The molecule has 166 valence electrons. The minimum absolute atomic E-state index is 0.0636. The Morgan fingerprint density at radius 1 is 1.30 bits per heavy atom. The van der Waals surface area contributed by atoms with Crippen LogP contribution in [-0.2, 0) is 14.3 Å². The van der Waals surface area contributed by atoms with Crippen LogP contribution < -0.4 is 10.6 Å². The number of nitrogens with zero attached hydrogens (tertiary/aromatic N) is 3. The average Bonchev–Trinajstić information content (AvgIpc) is 2.78. The third-order valence-corrected chi connectivity index (χ3v) is 5.56. The van der Waals surface area contributed by atoms with Gasteiger partial charge in [0.15, 0.2) is 5.96 Å². The van der Waals surface area contributed by atoms with Gasteiger partial charge in [0.2, 0.25) is 5.91 Å². The number of piperidine rings is 1. The fraction of sp³-hybridized carbons (Fsp3) is 0.682. The predicted molar refractivity (Wildman–Crippen MR) is 118 cm³/mol. The summed E-state index contributed by atoms with van der Waals surface area (Å²) in [6.07, 6.45) is 8.15. The summed E-state index contributed by atoms with van der Waals surface area (Å²) in [5, 5.41) is 6.11. The Labute approximate surface area is 179 Å². The number of aryl methyl sites for hydroxylation is 1. The molecule has 1 aromatic heterocycles. The summed E-state index contributed by atoms with van der Waals surface area (Å²) in [7, 11) is 1.78. The second-order valence-corrected chi connectivity index (χ2v) is 8.00. The highest BCUT2D eigenvalue weighted by Gasteiger charge is 2.23. The molecule has 3 rings (SSSR count). The van der Waals surface area contributed by atoms with E-state index < -0.39 is 0 Å². The molecule has 1 aromatic rings. The van der Waals surface area contributed by atoms with Crippen LogP contribution in [0.3, 0.4) is 0 Å². The topological polar surface area (TPSA) is 88.1 Å². The lowest BCUT2D eigenvalue weighted by Gasteiger charge is -2.35. The number of aliphatic imine (C=N–C) groups is 1. The molecule has 0 aliphatic carbocycles. The van der Waals surface area contributed by atoms with Crippen molar-refractivity contribution in [3.63, 3.8) is 0 Å². The molecule has 2 N–H and O–H groups in total. The van der Waals surface area contributed by atoms with Gasteiger partial charge >= 0.3 is 0 Å². The largest absolute Gasteiger partial charge is 0.376 e. The summed E-state index contributed by atoms with van der Waals surface area (Å²) in [6, 6.07) is 3.74. The second-order valence-electron chi connectivity index (χ2n) is 8.00. The molecular formula is C22H35N5O3. The van der Waals surface area contributed by atoms with Crippen LogP contribution >= 0.6 is 0 Å². The lowest BCUT2D eigenvalue weighted by atomic mass is 10.1. The smallest absolute Gasteiger partial charge is 0.227 e. The normalized spacial score (nSPS) is 20.8. The number of rotatable bonds is 7. The molecule has 1 atom stereocenters. The van der Waals surface area contributed by atoms with Gasteiger partial charge in [0.1, 0.15) is 5.82 Å². The summed E-state index contributed by atoms with van der Waals surface area (Å²) in [4.78, 5) is 22.9. The molecule has 0 saturated carbocycles. The van der Waals surface area contributed by atoms with Crippen LogP contribution in [0.5, 0.6) is 0 Å². The molecule has 2 fully saturated rings. The molecule has 0 aromatic carbocycles. The van der Waals surface area contributed by atoms with Gasteiger partial charge in [-0.05, 0) is 50.7 Å². The van der Waals surface area contributed by atoms with Crippen molar-refractivity contribution in [2.75, 3.05) is 45.2 Å². The number of hydrogen-bond acceptors (Lipinski definition) is 5. The van der Waals surface area contributed by atoms with E-state index in [1.165, 1.54) is 12.8 Å². The number of guanidine groups is 1. The van der Waals surface area contributed by atoms with E-state index in [2.05, 4.69) is 25.5 Å². The van der Waals surface area contributed by atoms with Crippen molar-refractivity contribution in [2.45, 2.75) is 57.7 Å². The number of carbonyl (C=O) groups is 1. The number of likely N-dealkylation sites (tertiary alicyclic amines) is 1.